The molecule has 0 N–H and O–H groups in total. The van der Waals surface area contributed by atoms with Crippen LogP contribution in [0.25, 0.3) is 44.5 Å². The Hall–Kier alpha value is -6.44. The van der Waals surface area contributed by atoms with Gasteiger partial charge in [0.25, 0.3) is 0 Å². The average Bonchev–Trinajstić information content (AvgIpc) is 3.89. The predicted octanol–water partition coefficient (Wildman–Crippen LogP) is 16.1. The van der Waals surface area contributed by atoms with Crippen molar-refractivity contribution >= 4 is 17.1 Å². The summed E-state index contributed by atoms with van der Waals surface area (Å²) in [5, 5.41) is 0. The van der Waals surface area contributed by atoms with Crippen LogP contribution in [0.15, 0.2) is 176 Å². The number of nitrogens with zero attached hydrogens (tertiary/aromatic N) is 1. The third kappa shape index (κ3) is 5.39. The molecule has 0 aliphatic heterocycles. The minimum atomic E-state index is -0.878. The number of para-hydroxylation sites is 1. The van der Waals surface area contributed by atoms with Gasteiger partial charge in [0.15, 0.2) is 0 Å². The zero-order valence-corrected chi connectivity index (χ0v) is 36.0. The van der Waals surface area contributed by atoms with Gasteiger partial charge in [0.2, 0.25) is 0 Å². The Morgan fingerprint density at radius 3 is 1.49 bits per heavy atom. The van der Waals surface area contributed by atoms with Crippen LogP contribution in [0, 0.1) is 0 Å². The quantitative estimate of drug-likeness (QED) is 0.171. The molecule has 0 bridgehead atoms. The summed E-state index contributed by atoms with van der Waals surface area (Å²) in [5.74, 6) is 0. The average molecular weight is 797 g/mol. The van der Waals surface area contributed by atoms with Crippen LogP contribution < -0.4 is 4.90 Å². The van der Waals surface area contributed by atoms with Crippen LogP contribution >= 0.6 is 0 Å². The second-order valence-corrected chi connectivity index (χ2v) is 19.5. The van der Waals surface area contributed by atoms with E-state index in [1.54, 1.807) is 0 Å². The third-order valence-corrected chi connectivity index (χ3v) is 13.6. The molecular formula is C60H53N. The molecule has 3 aliphatic rings. The molecule has 1 nitrogen and oxygen atoms in total. The SMILES string of the molecule is [2H]c1c([2H])c([2H])c(N(c2ccc3c(c2)C2(c4ccccc4-3)c3cc(C(C)(C)C)ccc3-c3ccc(C(C)(C)C)cc32)c2c([2H])c([2H])c(-c3cccc4c3C(C)(C)c3ccccc3-4)c([2H])c2[2H])c([2H])c1[2H]. The van der Waals surface area contributed by atoms with Gasteiger partial charge in [0.05, 0.1) is 17.8 Å². The fourth-order valence-corrected chi connectivity index (χ4v) is 10.6. The van der Waals surface area contributed by atoms with Crippen molar-refractivity contribution < 1.29 is 12.3 Å². The lowest BCUT2D eigenvalue weighted by molar-refractivity contribution is 0.586. The first kappa shape index (κ1) is 28.9. The molecule has 1 spiro atoms. The van der Waals surface area contributed by atoms with E-state index in [1.807, 2.05) is 54.6 Å². The molecule has 8 aromatic rings. The summed E-state index contributed by atoms with van der Waals surface area (Å²) in [6.45, 7) is 17.5. The number of rotatable bonds is 4. The van der Waals surface area contributed by atoms with Crippen LogP contribution in [0.4, 0.5) is 17.1 Å². The van der Waals surface area contributed by atoms with Gasteiger partial charge < -0.3 is 4.90 Å². The molecule has 0 unspecified atom stereocenters. The molecule has 0 atom stereocenters. The van der Waals surface area contributed by atoms with Crippen molar-refractivity contribution in [3.8, 4) is 44.5 Å². The monoisotopic (exact) mass is 796 g/mol. The molecule has 0 radical (unpaired) electrons. The highest BCUT2D eigenvalue weighted by atomic mass is 15.1. The molecule has 3 aliphatic carbocycles. The number of hydrogen-bond acceptors (Lipinski definition) is 1. The van der Waals surface area contributed by atoms with Gasteiger partial charge in [-0.05, 0) is 136 Å². The minimum Gasteiger partial charge on any atom is -0.310 e. The van der Waals surface area contributed by atoms with E-state index in [1.165, 1.54) is 4.90 Å². The standard InChI is InChI=1S/C60H53N/c1-57(2,3)39-27-32-47-48-33-28-40(58(4,5)6)36-54(48)60(53(47)35-39)52-24-15-13-19-45(52)49-34-31-43(37-55(49)60)61(41-17-10-9-11-18-41)42-29-25-38(26-30-42)44-21-16-22-50-46-20-12-14-23-51(46)59(7,8)56(44)50/h9-37H,1-8H3/i9D,10D,11D,17D,18D,25D,26D,29D,30D. The molecule has 0 aromatic heterocycles. The van der Waals surface area contributed by atoms with Gasteiger partial charge in [0.1, 0.15) is 0 Å². The lowest BCUT2D eigenvalue weighted by Crippen LogP contribution is -2.27. The number of hydrogen-bond donors (Lipinski definition) is 0. The third-order valence-electron chi connectivity index (χ3n) is 13.6. The van der Waals surface area contributed by atoms with Gasteiger partial charge in [-0.1, -0.05) is 195 Å². The topological polar surface area (TPSA) is 3.24 Å². The van der Waals surface area contributed by atoms with Crippen LogP contribution in [0.5, 0.6) is 0 Å². The molecule has 0 fully saturated rings. The maximum Gasteiger partial charge on any atom is 0.0726 e. The van der Waals surface area contributed by atoms with E-state index in [2.05, 4.69) is 122 Å². The van der Waals surface area contributed by atoms with E-state index >= 15 is 0 Å². The highest BCUT2D eigenvalue weighted by Crippen LogP contribution is 2.64. The molecule has 11 rings (SSSR count). The highest BCUT2D eigenvalue weighted by molar-refractivity contribution is 5.97. The van der Waals surface area contributed by atoms with Gasteiger partial charge in [-0.3, -0.25) is 0 Å². The number of benzene rings is 8. The largest absolute Gasteiger partial charge is 0.310 e. The molecule has 0 heterocycles. The van der Waals surface area contributed by atoms with E-state index in [0.717, 1.165) is 77.9 Å². The molecular weight excluding hydrogens is 735 g/mol. The summed E-state index contributed by atoms with van der Waals surface area (Å²) >= 11 is 0. The fraction of sp³-hybridized carbons (Fsp3) is 0.200. The normalized spacial score (nSPS) is 16.9. The van der Waals surface area contributed by atoms with Crippen molar-refractivity contribution in [2.45, 2.75) is 77.0 Å². The van der Waals surface area contributed by atoms with Crippen molar-refractivity contribution in [3.05, 3.63) is 220 Å². The Morgan fingerprint density at radius 1 is 0.410 bits per heavy atom. The zero-order chi connectivity index (χ0) is 49.9. The van der Waals surface area contributed by atoms with Crippen LogP contribution in [-0.2, 0) is 21.7 Å². The first-order valence-electron chi connectivity index (χ1n) is 25.8. The van der Waals surface area contributed by atoms with Gasteiger partial charge in [-0.2, -0.15) is 0 Å². The first-order valence-corrected chi connectivity index (χ1v) is 21.3. The molecule has 61 heavy (non-hydrogen) atoms. The molecule has 298 valence electrons. The lowest BCUT2D eigenvalue weighted by atomic mass is 9.68. The predicted molar refractivity (Wildman–Crippen MR) is 258 cm³/mol. The van der Waals surface area contributed by atoms with Crippen molar-refractivity contribution in [2.24, 2.45) is 0 Å². The maximum atomic E-state index is 9.96. The Morgan fingerprint density at radius 2 is 0.885 bits per heavy atom. The van der Waals surface area contributed by atoms with Crippen LogP contribution in [0.3, 0.4) is 0 Å². The van der Waals surface area contributed by atoms with Crippen LogP contribution in [-0.4, -0.2) is 0 Å². The summed E-state index contributed by atoms with van der Waals surface area (Å²) in [6.07, 6.45) is 0. The van der Waals surface area contributed by atoms with Gasteiger partial charge in [-0.15, -0.1) is 0 Å². The second-order valence-electron chi connectivity index (χ2n) is 19.5. The summed E-state index contributed by atoms with van der Waals surface area (Å²) in [7, 11) is 0. The first-order chi connectivity index (χ1) is 33.0. The summed E-state index contributed by atoms with van der Waals surface area (Å²) in [5.41, 5.74) is 13.5. The molecule has 0 saturated heterocycles. The van der Waals surface area contributed by atoms with Crippen molar-refractivity contribution in [1.82, 2.24) is 0 Å². The van der Waals surface area contributed by atoms with E-state index in [9.17, 15) is 8.22 Å². The molecule has 8 aromatic carbocycles. The smallest absolute Gasteiger partial charge is 0.0726 e. The van der Waals surface area contributed by atoms with Crippen molar-refractivity contribution in [3.63, 3.8) is 0 Å². The summed E-state index contributed by atoms with van der Waals surface area (Å²) < 4.78 is 84.8. The Kier molecular flexibility index (Phi) is 6.18. The zero-order valence-electron chi connectivity index (χ0n) is 45.0. The lowest BCUT2D eigenvalue weighted by Gasteiger charge is -2.34. The summed E-state index contributed by atoms with van der Waals surface area (Å²) in [4.78, 5) is 1.38. The maximum absolute atomic E-state index is 9.96. The second kappa shape index (κ2) is 13.0. The molecule has 0 amide bonds. The van der Waals surface area contributed by atoms with Gasteiger partial charge in [0, 0.05) is 22.5 Å². The number of fused-ring (bicyclic) bond motifs is 13. The highest BCUT2D eigenvalue weighted by Gasteiger charge is 2.52. The van der Waals surface area contributed by atoms with E-state index in [-0.39, 0.29) is 39.9 Å². The van der Waals surface area contributed by atoms with E-state index in [4.69, 9.17) is 4.11 Å². The molecule has 0 saturated carbocycles. The van der Waals surface area contributed by atoms with Gasteiger partial charge in [-0.25, -0.2) is 0 Å². The molecule has 1 heteroatoms. The van der Waals surface area contributed by atoms with Crippen LogP contribution in [0.2, 0.25) is 0 Å². The summed E-state index contributed by atoms with van der Waals surface area (Å²) in [6, 6.07) is 37.5. The minimum absolute atomic E-state index is 0.129. The fourth-order valence-electron chi connectivity index (χ4n) is 10.6. The Balaban J connectivity index is 1.23. The van der Waals surface area contributed by atoms with Crippen LogP contribution in [0.1, 0.15) is 112 Å². The van der Waals surface area contributed by atoms with E-state index < -0.39 is 53.1 Å². The van der Waals surface area contributed by atoms with E-state index in [0.29, 0.717) is 11.3 Å². The Bertz CT molecular complexity index is 3490. The number of anilines is 3. The van der Waals surface area contributed by atoms with Crippen molar-refractivity contribution in [2.75, 3.05) is 4.90 Å². The van der Waals surface area contributed by atoms with Crippen molar-refractivity contribution in [1.29, 1.82) is 0 Å². The van der Waals surface area contributed by atoms with Gasteiger partial charge >= 0.3 is 0 Å². The Labute approximate surface area is 375 Å².